The van der Waals surface area contributed by atoms with Crippen molar-refractivity contribution >= 4 is 0 Å². The van der Waals surface area contributed by atoms with E-state index in [0.717, 1.165) is 22.9 Å². The van der Waals surface area contributed by atoms with E-state index in [1.807, 2.05) is 38.1 Å². The van der Waals surface area contributed by atoms with E-state index >= 15 is 0 Å². The van der Waals surface area contributed by atoms with Crippen LogP contribution in [-0.2, 0) is 0 Å². The van der Waals surface area contributed by atoms with E-state index in [9.17, 15) is 5.11 Å². The zero-order valence-electron chi connectivity index (χ0n) is 9.68. The number of nitrogens with zero attached hydrogens (tertiary/aromatic N) is 3. The zero-order chi connectivity index (χ0) is 11.7. The molecule has 1 N–H and O–H groups in total. The Bertz CT molecular complexity index is 503. The molecule has 1 aromatic carbocycles. The molecular weight excluding hydrogens is 202 g/mol. The fourth-order valence-corrected chi connectivity index (χ4v) is 1.78. The Kier molecular flexibility index (Phi) is 2.75. The lowest BCUT2D eigenvalue weighted by Crippen LogP contribution is -2.05. The van der Waals surface area contributed by atoms with E-state index in [0.29, 0.717) is 0 Å². The maximum Gasteiger partial charge on any atom is 0.148 e. The van der Waals surface area contributed by atoms with Gasteiger partial charge in [0.2, 0.25) is 0 Å². The number of hydrogen-bond acceptors (Lipinski definition) is 3. The molecule has 84 valence electrons. The van der Waals surface area contributed by atoms with E-state index < -0.39 is 6.10 Å². The van der Waals surface area contributed by atoms with Crippen LogP contribution >= 0.6 is 0 Å². The molecule has 1 aromatic heterocycles. The first-order chi connectivity index (χ1) is 7.59. The van der Waals surface area contributed by atoms with Crippen molar-refractivity contribution in [3.8, 4) is 5.69 Å². The molecule has 2 aromatic rings. The number of aromatic nitrogens is 3. The molecule has 0 radical (unpaired) electrons. The van der Waals surface area contributed by atoms with Crippen molar-refractivity contribution in [2.75, 3.05) is 0 Å². The molecule has 2 rings (SSSR count). The normalized spacial score (nSPS) is 12.8. The highest BCUT2D eigenvalue weighted by atomic mass is 16.3. The highest BCUT2D eigenvalue weighted by Crippen LogP contribution is 2.21. The molecule has 0 fully saturated rings. The summed E-state index contributed by atoms with van der Waals surface area (Å²) in [6.45, 7) is 5.51. The fourth-order valence-electron chi connectivity index (χ4n) is 1.78. The SMILES string of the molecule is Cc1nc(C)n(-c2ccccc2C(C)O)n1. The number of benzene rings is 1. The third kappa shape index (κ3) is 1.84. The molecule has 0 spiro atoms. The van der Waals surface area contributed by atoms with E-state index in [2.05, 4.69) is 10.1 Å². The molecule has 0 aliphatic heterocycles. The minimum Gasteiger partial charge on any atom is -0.389 e. The van der Waals surface area contributed by atoms with Crippen LogP contribution in [-0.4, -0.2) is 19.9 Å². The molecule has 1 heterocycles. The highest BCUT2D eigenvalue weighted by molar-refractivity contribution is 5.42. The van der Waals surface area contributed by atoms with Crippen molar-refractivity contribution in [3.05, 3.63) is 41.5 Å². The second kappa shape index (κ2) is 4.06. The number of para-hydroxylation sites is 1. The van der Waals surface area contributed by atoms with Gasteiger partial charge in [0.15, 0.2) is 0 Å². The monoisotopic (exact) mass is 217 g/mol. The highest BCUT2D eigenvalue weighted by Gasteiger charge is 2.12. The first kappa shape index (κ1) is 10.8. The number of rotatable bonds is 2. The van der Waals surface area contributed by atoms with Crippen LogP contribution in [0.25, 0.3) is 5.69 Å². The summed E-state index contributed by atoms with van der Waals surface area (Å²) in [6.07, 6.45) is -0.514. The molecule has 0 bridgehead atoms. The van der Waals surface area contributed by atoms with Crippen LogP contribution in [0, 0.1) is 13.8 Å². The van der Waals surface area contributed by atoms with Crippen molar-refractivity contribution in [3.63, 3.8) is 0 Å². The van der Waals surface area contributed by atoms with Gasteiger partial charge in [0.05, 0.1) is 11.8 Å². The third-order valence-electron chi connectivity index (χ3n) is 2.49. The van der Waals surface area contributed by atoms with Gasteiger partial charge >= 0.3 is 0 Å². The molecule has 4 nitrogen and oxygen atoms in total. The Hall–Kier alpha value is -1.68. The van der Waals surface area contributed by atoms with E-state index in [4.69, 9.17) is 0 Å². The molecule has 1 atom stereocenters. The number of aliphatic hydroxyl groups is 1. The molecule has 0 saturated heterocycles. The standard InChI is InChI=1S/C12H15N3O/c1-8(16)11-6-4-5-7-12(11)15-10(3)13-9(2)14-15/h4-8,16H,1-3H3. The average Bonchev–Trinajstić information content (AvgIpc) is 2.57. The molecule has 0 aliphatic carbocycles. The summed E-state index contributed by atoms with van der Waals surface area (Å²) < 4.78 is 1.76. The summed E-state index contributed by atoms with van der Waals surface area (Å²) >= 11 is 0. The van der Waals surface area contributed by atoms with Crippen LogP contribution in [0.1, 0.15) is 30.2 Å². The van der Waals surface area contributed by atoms with Crippen LogP contribution in [0.5, 0.6) is 0 Å². The first-order valence-electron chi connectivity index (χ1n) is 5.27. The van der Waals surface area contributed by atoms with Gasteiger partial charge in [-0.25, -0.2) is 9.67 Å². The van der Waals surface area contributed by atoms with Gasteiger partial charge in [0.1, 0.15) is 11.6 Å². The lowest BCUT2D eigenvalue weighted by atomic mass is 10.1. The van der Waals surface area contributed by atoms with Crippen LogP contribution < -0.4 is 0 Å². The summed E-state index contributed by atoms with van der Waals surface area (Å²) in [4.78, 5) is 4.26. The summed E-state index contributed by atoms with van der Waals surface area (Å²) in [5.74, 6) is 1.56. The van der Waals surface area contributed by atoms with Crippen molar-refractivity contribution in [1.29, 1.82) is 0 Å². The van der Waals surface area contributed by atoms with Crippen molar-refractivity contribution in [2.24, 2.45) is 0 Å². The maximum atomic E-state index is 9.70. The second-order valence-electron chi connectivity index (χ2n) is 3.85. The quantitative estimate of drug-likeness (QED) is 0.836. The van der Waals surface area contributed by atoms with Gasteiger partial charge in [-0.3, -0.25) is 0 Å². The van der Waals surface area contributed by atoms with Crippen LogP contribution in [0.2, 0.25) is 0 Å². The summed E-state index contributed by atoms with van der Waals surface area (Å²) in [6, 6.07) is 7.67. The van der Waals surface area contributed by atoms with Gasteiger partial charge in [0.25, 0.3) is 0 Å². The predicted molar refractivity (Wildman–Crippen MR) is 61.5 cm³/mol. The number of hydrogen-bond donors (Lipinski definition) is 1. The van der Waals surface area contributed by atoms with Crippen molar-refractivity contribution in [2.45, 2.75) is 26.9 Å². The Morgan fingerprint density at radius 2 is 1.94 bits per heavy atom. The molecule has 0 aliphatic rings. The molecule has 1 unspecified atom stereocenters. The van der Waals surface area contributed by atoms with E-state index in [1.165, 1.54) is 0 Å². The lowest BCUT2D eigenvalue weighted by Gasteiger charge is -2.12. The third-order valence-corrected chi connectivity index (χ3v) is 2.49. The minimum absolute atomic E-state index is 0.514. The fraction of sp³-hybridized carbons (Fsp3) is 0.333. The summed E-state index contributed by atoms with van der Waals surface area (Å²) in [5, 5.41) is 14.0. The molecule has 16 heavy (non-hydrogen) atoms. The molecular formula is C12H15N3O. The maximum absolute atomic E-state index is 9.70. The number of aliphatic hydroxyl groups excluding tert-OH is 1. The molecule has 0 amide bonds. The van der Waals surface area contributed by atoms with Crippen LogP contribution in [0.4, 0.5) is 0 Å². The van der Waals surface area contributed by atoms with Crippen LogP contribution in [0.15, 0.2) is 24.3 Å². The largest absolute Gasteiger partial charge is 0.389 e. The Balaban J connectivity index is 2.59. The van der Waals surface area contributed by atoms with Crippen molar-refractivity contribution in [1.82, 2.24) is 14.8 Å². The Morgan fingerprint density at radius 3 is 2.50 bits per heavy atom. The smallest absolute Gasteiger partial charge is 0.148 e. The van der Waals surface area contributed by atoms with E-state index in [1.54, 1.807) is 11.6 Å². The first-order valence-corrected chi connectivity index (χ1v) is 5.27. The zero-order valence-corrected chi connectivity index (χ0v) is 9.68. The van der Waals surface area contributed by atoms with Gasteiger partial charge < -0.3 is 5.11 Å². The minimum atomic E-state index is -0.514. The predicted octanol–water partition coefficient (Wildman–Crippen LogP) is 1.94. The Morgan fingerprint density at radius 1 is 1.25 bits per heavy atom. The molecule has 4 heteroatoms. The second-order valence-corrected chi connectivity index (χ2v) is 3.85. The summed E-state index contributed by atoms with van der Waals surface area (Å²) in [5.41, 5.74) is 1.74. The Labute approximate surface area is 94.6 Å². The lowest BCUT2D eigenvalue weighted by molar-refractivity contribution is 0.199. The van der Waals surface area contributed by atoms with Gasteiger partial charge in [-0.2, -0.15) is 5.10 Å². The summed E-state index contributed by atoms with van der Waals surface area (Å²) in [7, 11) is 0. The van der Waals surface area contributed by atoms with Gasteiger partial charge in [-0.15, -0.1) is 0 Å². The van der Waals surface area contributed by atoms with Crippen molar-refractivity contribution < 1.29 is 5.11 Å². The number of aryl methyl sites for hydroxylation is 2. The average molecular weight is 217 g/mol. The van der Waals surface area contributed by atoms with Gasteiger partial charge in [0, 0.05) is 5.56 Å². The van der Waals surface area contributed by atoms with Gasteiger partial charge in [-0.05, 0) is 26.8 Å². The van der Waals surface area contributed by atoms with Crippen LogP contribution in [0.3, 0.4) is 0 Å². The van der Waals surface area contributed by atoms with E-state index in [-0.39, 0.29) is 0 Å². The van der Waals surface area contributed by atoms with Gasteiger partial charge in [-0.1, -0.05) is 18.2 Å². The topological polar surface area (TPSA) is 50.9 Å². The molecule has 0 saturated carbocycles.